The molecule has 3 nitrogen and oxygen atoms in total. The van der Waals surface area contributed by atoms with Gasteiger partial charge in [-0.3, -0.25) is 9.78 Å². The van der Waals surface area contributed by atoms with Gasteiger partial charge in [0.1, 0.15) is 5.82 Å². The molecule has 0 aliphatic heterocycles. The molecule has 0 saturated heterocycles. The van der Waals surface area contributed by atoms with Crippen LogP contribution in [0.4, 0.5) is 4.39 Å². The zero-order valence-electron chi connectivity index (χ0n) is 11.6. The summed E-state index contributed by atoms with van der Waals surface area (Å²) in [6, 6.07) is 9.98. The zero-order valence-corrected chi connectivity index (χ0v) is 11.6. The molecular formula is C17H15FN2O. The lowest BCUT2D eigenvalue weighted by Gasteiger charge is -2.03. The monoisotopic (exact) mass is 282 g/mol. The van der Waals surface area contributed by atoms with Crippen LogP contribution in [0.1, 0.15) is 12.5 Å². The molecule has 0 atom stereocenters. The van der Waals surface area contributed by atoms with Crippen molar-refractivity contribution in [3.8, 4) is 11.3 Å². The van der Waals surface area contributed by atoms with Crippen molar-refractivity contribution >= 4 is 12.4 Å². The minimum atomic E-state index is -0.322. The molecule has 0 spiro atoms. The SMILES string of the molecule is C/C(N)=C(C=O)/C=C/c1ccnc(-c2ccccc2F)c1. The van der Waals surface area contributed by atoms with Crippen LogP contribution < -0.4 is 5.73 Å². The van der Waals surface area contributed by atoms with Crippen molar-refractivity contribution in [2.24, 2.45) is 5.73 Å². The fraction of sp³-hybridized carbons (Fsp3) is 0.0588. The Balaban J connectivity index is 2.35. The Morgan fingerprint density at radius 3 is 2.71 bits per heavy atom. The van der Waals surface area contributed by atoms with Gasteiger partial charge in [-0.25, -0.2) is 4.39 Å². The van der Waals surface area contributed by atoms with E-state index in [1.54, 1.807) is 55.6 Å². The van der Waals surface area contributed by atoms with E-state index in [0.717, 1.165) is 5.56 Å². The number of carbonyl (C=O) groups is 1. The molecule has 0 bridgehead atoms. The van der Waals surface area contributed by atoms with Gasteiger partial charge in [0.25, 0.3) is 0 Å². The quantitative estimate of drug-likeness (QED) is 0.531. The normalized spacial score (nSPS) is 12.3. The first-order valence-electron chi connectivity index (χ1n) is 6.42. The Morgan fingerprint density at radius 1 is 1.29 bits per heavy atom. The molecule has 106 valence electrons. The third kappa shape index (κ3) is 3.63. The van der Waals surface area contributed by atoms with E-state index in [9.17, 15) is 9.18 Å². The number of halogens is 1. The Morgan fingerprint density at radius 2 is 2.05 bits per heavy atom. The van der Waals surface area contributed by atoms with Gasteiger partial charge >= 0.3 is 0 Å². The molecule has 2 aromatic rings. The number of rotatable bonds is 4. The molecule has 4 heteroatoms. The van der Waals surface area contributed by atoms with E-state index < -0.39 is 0 Å². The number of hydrogen-bond donors (Lipinski definition) is 1. The predicted octanol–water partition coefficient (Wildman–Crippen LogP) is 3.33. The highest BCUT2D eigenvalue weighted by molar-refractivity contribution is 5.81. The molecule has 0 saturated carbocycles. The second-order valence-electron chi connectivity index (χ2n) is 4.54. The summed E-state index contributed by atoms with van der Waals surface area (Å²) in [5, 5.41) is 0. The van der Waals surface area contributed by atoms with Gasteiger partial charge in [0.15, 0.2) is 6.29 Å². The van der Waals surface area contributed by atoms with Crippen LogP contribution in [0.25, 0.3) is 17.3 Å². The second kappa shape index (κ2) is 6.61. The molecule has 0 amide bonds. The number of allylic oxidation sites excluding steroid dienone is 3. The summed E-state index contributed by atoms with van der Waals surface area (Å²) in [7, 11) is 0. The number of carbonyl (C=O) groups excluding carboxylic acids is 1. The fourth-order valence-electron chi connectivity index (χ4n) is 1.82. The standard InChI is InChI=1S/C17H15FN2O/c1-12(19)14(11-21)7-6-13-8-9-20-17(10-13)15-4-2-3-5-16(15)18/h2-11H,19H2,1H3/b7-6+,14-12+. The van der Waals surface area contributed by atoms with E-state index in [2.05, 4.69) is 4.98 Å². The molecule has 1 aromatic carbocycles. The first-order valence-corrected chi connectivity index (χ1v) is 6.42. The number of nitrogens with two attached hydrogens (primary N) is 1. The molecule has 0 aliphatic rings. The molecule has 0 radical (unpaired) electrons. The van der Waals surface area contributed by atoms with Crippen LogP contribution >= 0.6 is 0 Å². The molecule has 21 heavy (non-hydrogen) atoms. The highest BCUT2D eigenvalue weighted by atomic mass is 19.1. The minimum absolute atomic E-state index is 0.322. The molecule has 1 heterocycles. The van der Waals surface area contributed by atoms with Gasteiger partial charge in [0.05, 0.1) is 5.69 Å². The summed E-state index contributed by atoms with van der Waals surface area (Å²) in [5.41, 5.74) is 8.24. The summed E-state index contributed by atoms with van der Waals surface area (Å²) in [5.74, 6) is -0.322. The van der Waals surface area contributed by atoms with Crippen molar-refractivity contribution in [1.82, 2.24) is 4.98 Å². The van der Waals surface area contributed by atoms with Crippen LogP contribution in [0.5, 0.6) is 0 Å². The molecular weight excluding hydrogens is 267 g/mol. The predicted molar refractivity (Wildman–Crippen MR) is 81.6 cm³/mol. The summed E-state index contributed by atoms with van der Waals surface area (Å²) in [6.45, 7) is 1.66. The van der Waals surface area contributed by atoms with Crippen molar-refractivity contribution in [1.29, 1.82) is 0 Å². The Hall–Kier alpha value is -2.75. The van der Waals surface area contributed by atoms with Gasteiger partial charge in [-0.05, 0) is 42.8 Å². The number of nitrogens with zero attached hydrogens (tertiary/aromatic N) is 1. The zero-order chi connectivity index (χ0) is 15.2. The Labute approximate surface area is 122 Å². The van der Waals surface area contributed by atoms with E-state index in [-0.39, 0.29) is 5.82 Å². The van der Waals surface area contributed by atoms with E-state index >= 15 is 0 Å². The van der Waals surface area contributed by atoms with Gasteiger partial charge in [0.2, 0.25) is 0 Å². The van der Waals surface area contributed by atoms with Gasteiger partial charge in [-0.1, -0.05) is 18.2 Å². The highest BCUT2D eigenvalue weighted by Gasteiger charge is 2.05. The Kier molecular flexibility index (Phi) is 4.61. The topological polar surface area (TPSA) is 56.0 Å². The van der Waals surface area contributed by atoms with Gasteiger partial charge < -0.3 is 5.73 Å². The molecule has 2 rings (SSSR count). The first kappa shape index (κ1) is 14.7. The fourth-order valence-corrected chi connectivity index (χ4v) is 1.82. The summed E-state index contributed by atoms with van der Waals surface area (Å²) in [4.78, 5) is 15.0. The highest BCUT2D eigenvalue weighted by Crippen LogP contribution is 2.21. The largest absolute Gasteiger partial charge is 0.402 e. The summed E-state index contributed by atoms with van der Waals surface area (Å²) >= 11 is 0. The van der Waals surface area contributed by atoms with E-state index in [4.69, 9.17) is 5.73 Å². The third-order valence-electron chi connectivity index (χ3n) is 2.97. The van der Waals surface area contributed by atoms with Gasteiger partial charge in [-0.2, -0.15) is 0 Å². The Bertz CT molecular complexity index is 716. The molecule has 1 aromatic heterocycles. The van der Waals surface area contributed by atoms with E-state index in [1.165, 1.54) is 6.07 Å². The van der Waals surface area contributed by atoms with Crippen LogP contribution in [0.3, 0.4) is 0 Å². The van der Waals surface area contributed by atoms with Crippen LogP contribution in [0.2, 0.25) is 0 Å². The average Bonchev–Trinajstić information content (AvgIpc) is 2.48. The number of hydrogen-bond acceptors (Lipinski definition) is 3. The smallest absolute Gasteiger partial charge is 0.151 e. The van der Waals surface area contributed by atoms with E-state index in [1.807, 2.05) is 0 Å². The van der Waals surface area contributed by atoms with Gasteiger partial charge in [0, 0.05) is 23.0 Å². The average molecular weight is 282 g/mol. The number of aromatic nitrogens is 1. The minimum Gasteiger partial charge on any atom is -0.402 e. The van der Waals surface area contributed by atoms with Crippen LogP contribution in [0.15, 0.2) is 59.9 Å². The van der Waals surface area contributed by atoms with Crippen molar-refractivity contribution in [3.63, 3.8) is 0 Å². The molecule has 0 aliphatic carbocycles. The number of benzene rings is 1. The molecule has 0 unspecified atom stereocenters. The lowest BCUT2D eigenvalue weighted by Crippen LogP contribution is -1.97. The molecule has 0 fully saturated rings. The maximum Gasteiger partial charge on any atom is 0.151 e. The maximum atomic E-state index is 13.8. The van der Waals surface area contributed by atoms with Crippen LogP contribution in [-0.4, -0.2) is 11.3 Å². The van der Waals surface area contributed by atoms with Crippen LogP contribution in [0, 0.1) is 5.82 Å². The number of pyridine rings is 1. The second-order valence-corrected chi connectivity index (χ2v) is 4.54. The number of aldehydes is 1. The first-order chi connectivity index (χ1) is 10.1. The van der Waals surface area contributed by atoms with Crippen molar-refractivity contribution in [2.45, 2.75) is 6.92 Å². The molecule has 2 N–H and O–H groups in total. The summed E-state index contributed by atoms with van der Waals surface area (Å²) in [6.07, 6.45) is 5.67. The van der Waals surface area contributed by atoms with Crippen molar-refractivity contribution < 1.29 is 9.18 Å². The summed E-state index contributed by atoms with van der Waals surface area (Å²) < 4.78 is 13.8. The van der Waals surface area contributed by atoms with Crippen molar-refractivity contribution in [2.75, 3.05) is 0 Å². The van der Waals surface area contributed by atoms with E-state index in [0.29, 0.717) is 28.8 Å². The lowest BCUT2D eigenvalue weighted by molar-refractivity contribution is -0.104. The van der Waals surface area contributed by atoms with Crippen molar-refractivity contribution in [3.05, 3.63) is 71.3 Å². The third-order valence-corrected chi connectivity index (χ3v) is 2.97. The lowest BCUT2D eigenvalue weighted by atomic mass is 10.1. The van der Waals surface area contributed by atoms with Crippen LogP contribution in [-0.2, 0) is 4.79 Å². The van der Waals surface area contributed by atoms with Gasteiger partial charge in [-0.15, -0.1) is 0 Å². The maximum absolute atomic E-state index is 13.8.